The summed E-state index contributed by atoms with van der Waals surface area (Å²) in [5.74, 6) is -2.17. The molecule has 24 heavy (non-hydrogen) atoms. The molecule has 1 heterocycles. The molecule has 0 radical (unpaired) electrons. The second kappa shape index (κ2) is 7.13. The Morgan fingerprint density at radius 1 is 1.17 bits per heavy atom. The van der Waals surface area contributed by atoms with E-state index in [0.29, 0.717) is 18.0 Å². The summed E-state index contributed by atoms with van der Waals surface area (Å²) in [4.78, 5) is 28.3. The van der Waals surface area contributed by atoms with Crippen molar-refractivity contribution in [3.05, 3.63) is 35.2 Å². The number of carboxylic acid groups (broad SMARTS) is 1. The number of carbonyl (C=O) groups is 2. The Hall–Kier alpha value is -2.21. The highest BCUT2D eigenvalue weighted by molar-refractivity contribution is 7.14. The van der Waals surface area contributed by atoms with Gasteiger partial charge in [-0.2, -0.15) is 0 Å². The molecule has 0 bridgehead atoms. The number of hydrogen-bond acceptors (Lipinski definition) is 4. The highest BCUT2D eigenvalue weighted by Gasteiger charge is 2.35. The third-order valence-corrected chi connectivity index (χ3v) is 5.26. The number of carbonyl (C=O) groups excluding carboxylic acids is 1. The number of benzene rings is 1. The molecule has 6 heteroatoms. The zero-order valence-corrected chi connectivity index (χ0v) is 14.3. The molecule has 0 saturated heterocycles. The third-order valence-electron chi connectivity index (χ3n) is 4.50. The Morgan fingerprint density at radius 3 is 2.50 bits per heavy atom. The van der Waals surface area contributed by atoms with Crippen LogP contribution in [0.15, 0.2) is 29.6 Å². The van der Waals surface area contributed by atoms with Crippen LogP contribution in [0.25, 0.3) is 11.3 Å². The highest BCUT2D eigenvalue weighted by atomic mass is 32.1. The maximum absolute atomic E-state index is 12.5. The predicted molar refractivity (Wildman–Crippen MR) is 94.0 cm³/mol. The van der Waals surface area contributed by atoms with Gasteiger partial charge in [0.2, 0.25) is 5.91 Å². The fraction of sp³-hybridized carbons (Fsp3) is 0.389. The van der Waals surface area contributed by atoms with E-state index in [9.17, 15) is 14.7 Å². The number of nitrogens with one attached hydrogen (secondary N) is 1. The van der Waals surface area contributed by atoms with Crippen molar-refractivity contribution in [2.45, 2.75) is 32.6 Å². The summed E-state index contributed by atoms with van der Waals surface area (Å²) in [5.41, 5.74) is 2.99. The third kappa shape index (κ3) is 3.64. The summed E-state index contributed by atoms with van der Waals surface area (Å²) in [6.07, 6.45) is 2.96. The number of hydrogen-bond donors (Lipinski definition) is 2. The summed E-state index contributed by atoms with van der Waals surface area (Å²) in [5, 5.41) is 14.5. The first-order valence-corrected chi connectivity index (χ1v) is 8.99. The second-order valence-corrected chi connectivity index (χ2v) is 7.09. The van der Waals surface area contributed by atoms with E-state index in [1.54, 1.807) is 0 Å². The van der Waals surface area contributed by atoms with Gasteiger partial charge in [-0.1, -0.05) is 42.7 Å². The lowest BCUT2D eigenvalue weighted by molar-refractivity contribution is -0.147. The molecule has 1 fully saturated rings. The molecule has 126 valence electrons. The van der Waals surface area contributed by atoms with Gasteiger partial charge in [-0.05, 0) is 19.8 Å². The van der Waals surface area contributed by atoms with Gasteiger partial charge in [0.15, 0.2) is 5.13 Å². The fourth-order valence-corrected chi connectivity index (χ4v) is 3.85. The van der Waals surface area contributed by atoms with Crippen molar-refractivity contribution in [2.24, 2.45) is 11.8 Å². The molecular formula is C18H20N2O3S. The van der Waals surface area contributed by atoms with Gasteiger partial charge in [0.05, 0.1) is 17.5 Å². The topological polar surface area (TPSA) is 79.3 Å². The first-order chi connectivity index (χ1) is 11.5. The van der Waals surface area contributed by atoms with Crippen molar-refractivity contribution in [3.8, 4) is 11.3 Å². The van der Waals surface area contributed by atoms with E-state index in [0.717, 1.165) is 24.1 Å². The summed E-state index contributed by atoms with van der Waals surface area (Å²) in [7, 11) is 0. The minimum Gasteiger partial charge on any atom is -0.481 e. The quantitative estimate of drug-likeness (QED) is 0.880. The van der Waals surface area contributed by atoms with Crippen molar-refractivity contribution < 1.29 is 14.7 Å². The van der Waals surface area contributed by atoms with Crippen molar-refractivity contribution in [2.75, 3.05) is 5.32 Å². The predicted octanol–water partition coefficient (Wildman–Crippen LogP) is 3.95. The van der Waals surface area contributed by atoms with E-state index in [4.69, 9.17) is 0 Å². The first-order valence-electron chi connectivity index (χ1n) is 8.11. The van der Waals surface area contributed by atoms with E-state index in [-0.39, 0.29) is 5.91 Å². The van der Waals surface area contributed by atoms with Crippen LogP contribution in [0.4, 0.5) is 5.13 Å². The Bertz CT molecular complexity index is 739. The normalized spacial score (nSPS) is 20.5. The highest BCUT2D eigenvalue weighted by Crippen LogP contribution is 2.32. The average Bonchev–Trinajstić information content (AvgIpc) is 3.04. The van der Waals surface area contributed by atoms with Gasteiger partial charge in [-0.3, -0.25) is 9.59 Å². The van der Waals surface area contributed by atoms with Crippen molar-refractivity contribution in [1.82, 2.24) is 4.98 Å². The maximum atomic E-state index is 12.5. The summed E-state index contributed by atoms with van der Waals surface area (Å²) < 4.78 is 0. The molecule has 1 aliphatic rings. The van der Waals surface area contributed by atoms with E-state index >= 15 is 0 Å². The molecule has 2 N–H and O–H groups in total. The molecule has 1 aromatic carbocycles. The number of amides is 1. The number of anilines is 1. The standard InChI is InChI=1S/C18H20N2O3S/c1-11-6-8-12(9-7-11)15-10-24-18(19-15)20-16(21)13-4-2-3-5-14(13)17(22)23/h6-10,13-14H,2-5H2,1H3,(H,22,23)(H,19,20,21)/t13-,14+/m0/s1. The van der Waals surface area contributed by atoms with Gasteiger partial charge in [-0.25, -0.2) is 4.98 Å². The van der Waals surface area contributed by atoms with Crippen LogP contribution >= 0.6 is 11.3 Å². The maximum Gasteiger partial charge on any atom is 0.307 e. The minimum absolute atomic E-state index is 0.230. The van der Waals surface area contributed by atoms with E-state index in [1.807, 2.05) is 36.6 Å². The van der Waals surface area contributed by atoms with Crippen LogP contribution in [-0.4, -0.2) is 22.0 Å². The SMILES string of the molecule is Cc1ccc(-c2csc(NC(=O)[C@H]3CCCC[C@H]3C(=O)O)n2)cc1. The number of aromatic nitrogens is 1. The molecular weight excluding hydrogens is 324 g/mol. The lowest BCUT2D eigenvalue weighted by Crippen LogP contribution is -2.36. The minimum atomic E-state index is -0.880. The molecule has 3 rings (SSSR count). The molecule has 0 unspecified atom stereocenters. The van der Waals surface area contributed by atoms with Crippen molar-refractivity contribution in [1.29, 1.82) is 0 Å². The molecule has 0 spiro atoms. The van der Waals surface area contributed by atoms with Gasteiger partial charge >= 0.3 is 5.97 Å². The molecule has 5 nitrogen and oxygen atoms in total. The number of aliphatic carboxylic acids is 1. The van der Waals surface area contributed by atoms with Crippen LogP contribution in [-0.2, 0) is 9.59 Å². The molecule has 1 amide bonds. The lowest BCUT2D eigenvalue weighted by Gasteiger charge is -2.26. The van der Waals surface area contributed by atoms with Gasteiger partial charge in [-0.15, -0.1) is 11.3 Å². The number of carboxylic acids is 1. The molecule has 0 aliphatic heterocycles. The Morgan fingerprint density at radius 2 is 1.83 bits per heavy atom. The smallest absolute Gasteiger partial charge is 0.307 e. The average molecular weight is 344 g/mol. The summed E-state index contributed by atoms with van der Waals surface area (Å²) >= 11 is 1.36. The fourth-order valence-electron chi connectivity index (χ4n) is 3.13. The van der Waals surface area contributed by atoms with Crippen LogP contribution in [0.1, 0.15) is 31.2 Å². The largest absolute Gasteiger partial charge is 0.481 e. The van der Waals surface area contributed by atoms with Crippen LogP contribution in [0.2, 0.25) is 0 Å². The molecule has 1 aromatic heterocycles. The molecule has 2 atom stereocenters. The van der Waals surface area contributed by atoms with Crippen LogP contribution in [0.3, 0.4) is 0 Å². The van der Waals surface area contributed by atoms with Crippen molar-refractivity contribution >= 4 is 28.3 Å². The van der Waals surface area contributed by atoms with Crippen LogP contribution in [0.5, 0.6) is 0 Å². The zero-order valence-electron chi connectivity index (χ0n) is 13.5. The Kier molecular flexibility index (Phi) is 4.94. The van der Waals surface area contributed by atoms with E-state index in [1.165, 1.54) is 16.9 Å². The van der Waals surface area contributed by atoms with E-state index in [2.05, 4.69) is 10.3 Å². The van der Waals surface area contributed by atoms with Gasteiger partial charge in [0.1, 0.15) is 0 Å². The summed E-state index contributed by atoms with van der Waals surface area (Å²) in [6, 6.07) is 8.04. The van der Waals surface area contributed by atoms with E-state index < -0.39 is 17.8 Å². The molecule has 1 saturated carbocycles. The number of aryl methyl sites for hydroxylation is 1. The van der Waals surface area contributed by atoms with Gasteiger partial charge < -0.3 is 10.4 Å². The molecule has 2 aromatic rings. The zero-order chi connectivity index (χ0) is 17.1. The monoisotopic (exact) mass is 344 g/mol. The van der Waals surface area contributed by atoms with Crippen molar-refractivity contribution in [3.63, 3.8) is 0 Å². The lowest BCUT2D eigenvalue weighted by atomic mass is 9.79. The Labute approximate surface area is 144 Å². The Balaban J connectivity index is 1.70. The first kappa shape index (κ1) is 16.6. The van der Waals surface area contributed by atoms with Crippen LogP contribution < -0.4 is 5.32 Å². The number of nitrogens with zero attached hydrogens (tertiary/aromatic N) is 1. The number of thiazole rings is 1. The van der Waals surface area contributed by atoms with Crippen LogP contribution in [0, 0.1) is 18.8 Å². The second-order valence-electron chi connectivity index (χ2n) is 6.23. The number of rotatable bonds is 4. The van der Waals surface area contributed by atoms with Gasteiger partial charge in [0, 0.05) is 10.9 Å². The summed E-state index contributed by atoms with van der Waals surface area (Å²) in [6.45, 7) is 2.03. The molecule has 1 aliphatic carbocycles. The van der Waals surface area contributed by atoms with Gasteiger partial charge in [0.25, 0.3) is 0 Å².